The maximum absolute atomic E-state index is 2.62. The Bertz CT molecular complexity index is 257. The predicted molar refractivity (Wildman–Crippen MR) is 108 cm³/mol. The van der Waals surface area contributed by atoms with Gasteiger partial charge in [0, 0.05) is 0 Å². The van der Waals surface area contributed by atoms with Crippen LogP contribution in [-0.4, -0.2) is 0 Å². The molecule has 0 heteroatoms. The Morgan fingerprint density at radius 3 is 1.74 bits per heavy atom. The van der Waals surface area contributed by atoms with E-state index in [0.717, 1.165) is 17.8 Å². The normalized spacial score (nSPS) is 18.4. The van der Waals surface area contributed by atoms with Gasteiger partial charge in [0.1, 0.15) is 0 Å². The molecule has 0 nitrogen and oxygen atoms in total. The van der Waals surface area contributed by atoms with E-state index in [2.05, 4.69) is 48.5 Å². The topological polar surface area (TPSA) is 0 Å². The number of hydrogen-bond donors (Lipinski definition) is 0. The van der Waals surface area contributed by atoms with E-state index < -0.39 is 0 Å². The Hall–Kier alpha value is 0. The number of hydrogen-bond acceptors (Lipinski definition) is 0. The SMILES string of the molecule is CCCCC(C)C(CCC)CC(C)(CC)C(CCC)CCCC. The van der Waals surface area contributed by atoms with Crippen LogP contribution in [0.2, 0.25) is 0 Å². The fourth-order valence-electron chi connectivity index (χ4n) is 4.56. The molecule has 0 fully saturated rings. The molecule has 0 spiro atoms. The molecule has 0 heterocycles. The third kappa shape index (κ3) is 8.59. The van der Waals surface area contributed by atoms with Crippen LogP contribution in [0.25, 0.3) is 0 Å². The smallest absolute Gasteiger partial charge is 0.0297 e. The fourth-order valence-corrected chi connectivity index (χ4v) is 4.56. The maximum Gasteiger partial charge on any atom is -0.0297 e. The molecule has 0 amide bonds. The van der Waals surface area contributed by atoms with Gasteiger partial charge >= 0.3 is 0 Å². The summed E-state index contributed by atoms with van der Waals surface area (Å²) in [6, 6.07) is 0. The first-order chi connectivity index (χ1) is 11.0. The van der Waals surface area contributed by atoms with Gasteiger partial charge < -0.3 is 0 Å². The first-order valence-corrected chi connectivity index (χ1v) is 11.0. The third-order valence-electron chi connectivity index (χ3n) is 6.54. The zero-order chi connectivity index (χ0) is 17.7. The highest BCUT2D eigenvalue weighted by atomic mass is 14.4. The van der Waals surface area contributed by atoms with E-state index in [4.69, 9.17) is 0 Å². The lowest BCUT2D eigenvalue weighted by molar-refractivity contribution is 0.0889. The summed E-state index contributed by atoms with van der Waals surface area (Å²) in [4.78, 5) is 0. The molecule has 0 rings (SSSR count). The second-order valence-corrected chi connectivity index (χ2v) is 8.51. The van der Waals surface area contributed by atoms with Crippen LogP contribution in [0.15, 0.2) is 0 Å². The van der Waals surface area contributed by atoms with E-state index in [0.29, 0.717) is 5.41 Å². The molecule has 23 heavy (non-hydrogen) atoms. The van der Waals surface area contributed by atoms with Gasteiger partial charge in [-0.05, 0) is 36.0 Å². The standard InChI is InChI=1S/C23H48/c1-8-13-17-20(6)21(15-10-3)19-23(7,12-5)22(16-11-4)18-14-9-2/h20-22H,8-19H2,1-7H3. The Balaban J connectivity index is 5.01. The Morgan fingerprint density at radius 2 is 1.26 bits per heavy atom. The summed E-state index contributed by atoms with van der Waals surface area (Å²) in [7, 11) is 0. The summed E-state index contributed by atoms with van der Waals surface area (Å²) in [5.74, 6) is 2.79. The van der Waals surface area contributed by atoms with Crippen LogP contribution in [0, 0.1) is 23.2 Å². The molecule has 0 radical (unpaired) electrons. The average Bonchev–Trinajstić information content (AvgIpc) is 2.55. The van der Waals surface area contributed by atoms with Crippen LogP contribution in [0.5, 0.6) is 0 Å². The molecule has 0 aromatic rings. The third-order valence-corrected chi connectivity index (χ3v) is 6.54. The Kier molecular flexibility index (Phi) is 13.3. The quantitative estimate of drug-likeness (QED) is 0.283. The molecule has 0 aliphatic rings. The monoisotopic (exact) mass is 324 g/mol. The Labute approximate surface area is 149 Å². The highest BCUT2D eigenvalue weighted by Crippen LogP contribution is 2.45. The lowest BCUT2D eigenvalue weighted by Crippen LogP contribution is -2.31. The highest BCUT2D eigenvalue weighted by Gasteiger charge is 2.35. The van der Waals surface area contributed by atoms with Crippen molar-refractivity contribution in [3.63, 3.8) is 0 Å². The van der Waals surface area contributed by atoms with Gasteiger partial charge in [-0.2, -0.15) is 0 Å². The van der Waals surface area contributed by atoms with E-state index in [1.54, 1.807) is 0 Å². The van der Waals surface area contributed by atoms with Gasteiger partial charge in [-0.25, -0.2) is 0 Å². The molecule has 0 aliphatic heterocycles. The predicted octanol–water partition coefficient (Wildman–Crippen LogP) is 8.64. The van der Waals surface area contributed by atoms with Gasteiger partial charge in [0.15, 0.2) is 0 Å². The van der Waals surface area contributed by atoms with Crippen molar-refractivity contribution in [1.82, 2.24) is 0 Å². The summed E-state index contributed by atoms with van der Waals surface area (Å²) >= 11 is 0. The molecule has 0 bridgehead atoms. The van der Waals surface area contributed by atoms with Gasteiger partial charge in [-0.1, -0.05) is 113 Å². The molecule has 0 aromatic heterocycles. The Morgan fingerprint density at radius 1 is 0.696 bits per heavy atom. The zero-order valence-electron chi connectivity index (χ0n) is 17.7. The number of rotatable bonds is 15. The van der Waals surface area contributed by atoms with Crippen molar-refractivity contribution in [3.8, 4) is 0 Å². The second kappa shape index (κ2) is 13.3. The van der Waals surface area contributed by atoms with Crippen molar-refractivity contribution in [2.75, 3.05) is 0 Å². The average molecular weight is 325 g/mol. The highest BCUT2D eigenvalue weighted by molar-refractivity contribution is 4.85. The van der Waals surface area contributed by atoms with Crippen molar-refractivity contribution in [2.45, 2.75) is 126 Å². The lowest BCUT2D eigenvalue weighted by atomic mass is 9.64. The zero-order valence-corrected chi connectivity index (χ0v) is 17.7. The van der Waals surface area contributed by atoms with E-state index in [9.17, 15) is 0 Å². The van der Waals surface area contributed by atoms with Gasteiger partial charge in [0.05, 0.1) is 0 Å². The van der Waals surface area contributed by atoms with Crippen molar-refractivity contribution in [2.24, 2.45) is 23.2 Å². The van der Waals surface area contributed by atoms with Gasteiger partial charge in [-0.15, -0.1) is 0 Å². The maximum atomic E-state index is 2.62. The summed E-state index contributed by atoms with van der Waals surface area (Å²) < 4.78 is 0. The summed E-state index contributed by atoms with van der Waals surface area (Å²) in [5.41, 5.74) is 0.561. The molecular weight excluding hydrogens is 276 g/mol. The molecule has 0 aromatic carbocycles. The minimum absolute atomic E-state index is 0.561. The van der Waals surface area contributed by atoms with Crippen LogP contribution in [-0.2, 0) is 0 Å². The van der Waals surface area contributed by atoms with Crippen molar-refractivity contribution in [1.29, 1.82) is 0 Å². The summed E-state index contributed by atoms with van der Waals surface area (Å²) in [6.45, 7) is 17.0. The molecule has 0 N–H and O–H groups in total. The second-order valence-electron chi connectivity index (χ2n) is 8.51. The largest absolute Gasteiger partial charge is 0.0654 e. The minimum Gasteiger partial charge on any atom is -0.0654 e. The fraction of sp³-hybridized carbons (Fsp3) is 1.00. The summed E-state index contributed by atoms with van der Waals surface area (Å²) in [6.07, 6.45) is 16.8. The molecule has 4 atom stereocenters. The van der Waals surface area contributed by atoms with Crippen molar-refractivity contribution < 1.29 is 0 Å². The van der Waals surface area contributed by atoms with E-state index in [-0.39, 0.29) is 0 Å². The first-order valence-electron chi connectivity index (χ1n) is 11.0. The van der Waals surface area contributed by atoms with Crippen LogP contribution < -0.4 is 0 Å². The number of unbranched alkanes of at least 4 members (excludes halogenated alkanes) is 2. The molecule has 0 saturated carbocycles. The molecule has 0 saturated heterocycles. The van der Waals surface area contributed by atoms with Crippen LogP contribution in [0.1, 0.15) is 126 Å². The molecule has 4 unspecified atom stereocenters. The van der Waals surface area contributed by atoms with E-state index in [1.165, 1.54) is 77.0 Å². The van der Waals surface area contributed by atoms with Crippen LogP contribution >= 0.6 is 0 Å². The summed E-state index contributed by atoms with van der Waals surface area (Å²) in [5, 5.41) is 0. The molecule has 140 valence electrons. The lowest BCUT2D eigenvalue weighted by Gasteiger charge is -2.42. The van der Waals surface area contributed by atoms with Gasteiger partial charge in [0.25, 0.3) is 0 Å². The minimum atomic E-state index is 0.561. The first kappa shape index (κ1) is 23.0. The van der Waals surface area contributed by atoms with Crippen LogP contribution in [0.4, 0.5) is 0 Å². The van der Waals surface area contributed by atoms with Crippen molar-refractivity contribution in [3.05, 3.63) is 0 Å². The van der Waals surface area contributed by atoms with E-state index >= 15 is 0 Å². The van der Waals surface area contributed by atoms with E-state index in [1.807, 2.05) is 0 Å². The molecule has 0 aliphatic carbocycles. The molecular formula is C23H48. The van der Waals surface area contributed by atoms with Gasteiger partial charge in [-0.3, -0.25) is 0 Å². The van der Waals surface area contributed by atoms with Gasteiger partial charge in [0.2, 0.25) is 0 Å². The van der Waals surface area contributed by atoms with Crippen LogP contribution in [0.3, 0.4) is 0 Å². The van der Waals surface area contributed by atoms with Crippen molar-refractivity contribution >= 4 is 0 Å².